The van der Waals surface area contributed by atoms with E-state index in [-0.39, 0.29) is 11.2 Å². The SMILES string of the molecule is C=C=C(C)C1(c2ccccc2F)CCCC1. The number of hydrogen-bond acceptors (Lipinski definition) is 0. The molecule has 84 valence electrons. The van der Waals surface area contributed by atoms with E-state index >= 15 is 0 Å². The first-order valence-electron chi connectivity index (χ1n) is 5.83. The van der Waals surface area contributed by atoms with Gasteiger partial charge in [-0.05, 0) is 37.0 Å². The summed E-state index contributed by atoms with van der Waals surface area (Å²) in [5.41, 5.74) is 4.73. The van der Waals surface area contributed by atoms with Gasteiger partial charge >= 0.3 is 0 Å². The maximum atomic E-state index is 13.9. The van der Waals surface area contributed by atoms with Gasteiger partial charge in [-0.2, -0.15) is 0 Å². The molecule has 0 spiro atoms. The van der Waals surface area contributed by atoms with Crippen LogP contribution in [0.3, 0.4) is 0 Å². The molecule has 0 saturated heterocycles. The Hall–Kier alpha value is -1.33. The molecule has 1 aliphatic rings. The highest BCUT2D eigenvalue weighted by atomic mass is 19.1. The first-order valence-corrected chi connectivity index (χ1v) is 5.83. The summed E-state index contributed by atoms with van der Waals surface area (Å²) >= 11 is 0. The first kappa shape index (κ1) is 11.2. The van der Waals surface area contributed by atoms with Crippen LogP contribution in [0, 0.1) is 5.82 Å². The quantitative estimate of drug-likeness (QED) is 0.644. The summed E-state index contributed by atoms with van der Waals surface area (Å²) in [6, 6.07) is 7.11. The van der Waals surface area contributed by atoms with E-state index in [2.05, 4.69) is 12.3 Å². The molecular weight excluding hydrogens is 199 g/mol. The predicted octanol–water partition coefficient (Wildman–Crippen LogP) is 4.37. The smallest absolute Gasteiger partial charge is 0.127 e. The fraction of sp³-hybridized carbons (Fsp3) is 0.400. The van der Waals surface area contributed by atoms with E-state index in [1.165, 1.54) is 0 Å². The Morgan fingerprint density at radius 1 is 1.31 bits per heavy atom. The van der Waals surface area contributed by atoms with E-state index < -0.39 is 0 Å². The van der Waals surface area contributed by atoms with Crippen molar-refractivity contribution in [3.8, 4) is 0 Å². The molecule has 0 amide bonds. The van der Waals surface area contributed by atoms with Crippen molar-refractivity contribution < 1.29 is 4.39 Å². The van der Waals surface area contributed by atoms with Crippen LogP contribution < -0.4 is 0 Å². The Bertz CT molecular complexity index is 433. The van der Waals surface area contributed by atoms with Gasteiger partial charge in [0.25, 0.3) is 0 Å². The van der Waals surface area contributed by atoms with Crippen LogP contribution in [0.4, 0.5) is 4.39 Å². The molecule has 1 aliphatic carbocycles. The lowest BCUT2D eigenvalue weighted by atomic mass is 9.73. The first-order chi connectivity index (χ1) is 7.70. The van der Waals surface area contributed by atoms with E-state index in [0.717, 1.165) is 36.8 Å². The van der Waals surface area contributed by atoms with E-state index in [0.29, 0.717) is 0 Å². The monoisotopic (exact) mass is 216 g/mol. The number of rotatable bonds is 2. The minimum absolute atomic E-state index is 0.0981. The molecule has 0 aliphatic heterocycles. The molecule has 16 heavy (non-hydrogen) atoms. The molecule has 0 aromatic heterocycles. The number of allylic oxidation sites excluding steroid dienone is 1. The van der Waals surface area contributed by atoms with Crippen LogP contribution in [0.15, 0.2) is 42.1 Å². The lowest BCUT2D eigenvalue weighted by molar-refractivity contribution is 0.482. The molecule has 1 aromatic carbocycles. The second-order valence-electron chi connectivity index (χ2n) is 4.57. The van der Waals surface area contributed by atoms with Gasteiger partial charge in [0.1, 0.15) is 5.82 Å². The van der Waals surface area contributed by atoms with Gasteiger partial charge in [-0.3, -0.25) is 0 Å². The molecule has 0 N–H and O–H groups in total. The molecule has 1 saturated carbocycles. The highest BCUT2D eigenvalue weighted by Gasteiger charge is 2.38. The van der Waals surface area contributed by atoms with Crippen LogP contribution in [0.5, 0.6) is 0 Å². The summed E-state index contributed by atoms with van der Waals surface area (Å²) in [4.78, 5) is 0. The average Bonchev–Trinajstić information content (AvgIpc) is 2.79. The second kappa shape index (κ2) is 4.27. The van der Waals surface area contributed by atoms with Gasteiger partial charge in [-0.1, -0.05) is 37.6 Å². The maximum absolute atomic E-state index is 13.9. The lowest BCUT2D eigenvalue weighted by Gasteiger charge is -2.30. The van der Waals surface area contributed by atoms with Crippen molar-refractivity contribution >= 4 is 0 Å². The molecule has 0 atom stereocenters. The van der Waals surface area contributed by atoms with Crippen LogP contribution in [-0.4, -0.2) is 0 Å². The van der Waals surface area contributed by atoms with Crippen molar-refractivity contribution in [1.82, 2.24) is 0 Å². The zero-order chi connectivity index (χ0) is 11.6. The minimum atomic E-state index is -0.146. The van der Waals surface area contributed by atoms with Crippen LogP contribution in [0.1, 0.15) is 38.2 Å². The fourth-order valence-corrected chi connectivity index (χ4v) is 2.84. The largest absolute Gasteiger partial charge is 0.207 e. The van der Waals surface area contributed by atoms with Gasteiger partial charge in [0.05, 0.1) is 0 Å². The van der Waals surface area contributed by atoms with E-state index in [1.807, 2.05) is 19.1 Å². The lowest BCUT2D eigenvalue weighted by Crippen LogP contribution is -2.24. The van der Waals surface area contributed by atoms with Gasteiger partial charge < -0.3 is 0 Å². The van der Waals surface area contributed by atoms with Gasteiger partial charge in [-0.15, -0.1) is 5.73 Å². The van der Waals surface area contributed by atoms with Crippen LogP contribution in [-0.2, 0) is 5.41 Å². The summed E-state index contributed by atoms with van der Waals surface area (Å²) in [6.07, 6.45) is 4.35. The molecule has 1 heteroatoms. The number of halogens is 1. The Morgan fingerprint density at radius 2 is 1.94 bits per heavy atom. The molecule has 0 unspecified atom stereocenters. The van der Waals surface area contributed by atoms with Crippen molar-refractivity contribution in [2.24, 2.45) is 0 Å². The summed E-state index contributed by atoms with van der Waals surface area (Å²) in [5, 5.41) is 0. The van der Waals surface area contributed by atoms with Crippen molar-refractivity contribution in [2.75, 3.05) is 0 Å². The predicted molar refractivity (Wildman–Crippen MR) is 64.9 cm³/mol. The van der Waals surface area contributed by atoms with Crippen molar-refractivity contribution in [3.63, 3.8) is 0 Å². The van der Waals surface area contributed by atoms with E-state index in [9.17, 15) is 4.39 Å². The molecule has 0 nitrogen and oxygen atoms in total. The fourth-order valence-electron chi connectivity index (χ4n) is 2.84. The van der Waals surface area contributed by atoms with Crippen LogP contribution in [0.2, 0.25) is 0 Å². The second-order valence-corrected chi connectivity index (χ2v) is 4.57. The molecule has 0 heterocycles. The summed E-state index contributed by atoms with van der Waals surface area (Å²) in [6.45, 7) is 5.74. The topological polar surface area (TPSA) is 0 Å². The molecule has 0 radical (unpaired) electrons. The van der Waals surface area contributed by atoms with Crippen molar-refractivity contribution in [3.05, 3.63) is 53.5 Å². The highest BCUT2D eigenvalue weighted by Crippen LogP contribution is 2.46. The zero-order valence-corrected chi connectivity index (χ0v) is 9.72. The van der Waals surface area contributed by atoms with Crippen LogP contribution in [0.25, 0.3) is 0 Å². The van der Waals surface area contributed by atoms with Gasteiger partial charge in [0.2, 0.25) is 0 Å². The van der Waals surface area contributed by atoms with E-state index in [1.54, 1.807) is 12.1 Å². The maximum Gasteiger partial charge on any atom is 0.127 e. The Morgan fingerprint density at radius 3 is 2.50 bits per heavy atom. The third-order valence-corrected chi connectivity index (χ3v) is 3.83. The molecule has 1 aromatic rings. The Balaban J connectivity index is 2.57. The molecule has 0 bridgehead atoms. The normalized spacial score (nSPS) is 18.1. The average molecular weight is 216 g/mol. The summed E-state index contributed by atoms with van der Waals surface area (Å²) < 4.78 is 13.9. The Kier molecular flexibility index (Phi) is 2.98. The zero-order valence-electron chi connectivity index (χ0n) is 9.72. The van der Waals surface area contributed by atoms with Gasteiger partial charge in [0.15, 0.2) is 0 Å². The number of benzene rings is 1. The molecule has 2 rings (SSSR count). The molecular formula is C15H17F. The highest BCUT2D eigenvalue weighted by molar-refractivity contribution is 5.37. The third kappa shape index (κ3) is 1.62. The van der Waals surface area contributed by atoms with Crippen molar-refractivity contribution in [2.45, 2.75) is 38.0 Å². The van der Waals surface area contributed by atoms with Crippen molar-refractivity contribution in [1.29, 1.82) is 0 Å². The standard InChI is InChI=1S/C15H17F/c1-3-12(2)15(10-6-7-11-15)13-8-4-5-9-14(13)16/h4-5,8-9H,1,6-7,10-11H2,2H3. The third-order valence-electron chi connectivity index (χ3n) is 3.83. The number of hydrogen-bond donors (Lipinski definition) is 0. The summed E-state index contributed by atoms with van der Waals surface area (Å²) in [5.74, 6) is -0.0981. The van der Waals surface area contributed by atoms with Gasteiger partial charge in [-0.25, -0.2) is 4.39 Å². The minimum Gasteiger partial charge on any atom is -0.207 e. The Labute approximate surface area is 96.5 Å². The van der Waals surface area contributed by atoms with Gasteiger partial charge in [0, 0.05) is 5.41 Å². The van der Waals surface area contributed by atoms with E-state index in [4.69, 9.17) is 0 Å². The molecule has 1 fully saturated rings. The summed E-state index contributed by atoms with van der Waals surface area (Å²) in [7, 11) is 0. The van der Waals surface area contributed by atoms with Crippen LogP contribution >= 0.6 is 0 Å².